The second-order valence-corrected chi connectivity index (χ2v) is 6.87. The van der Waals surface area contributed by atoms with Crippen LogP contribution in [0.25, 0.3) is 0 Å². The molecule has 0 saturated carbocycles. The van der Waals surface area contributed by atoms with E-state index in [9.17, 15) is 5.11 Å². The maximum absolute atomic E-state index is 9.47. The molecule has 0 unspecified atom stereocenters. The molecule has 3 aromatic rings. The maximum atomic E-state index is 9.47. The summed E-state index contributed by atoms with van der Waals surface area (Å²) >= 11 is 3.39. The van der Waals surface area contributed by atoms with E-state index in [0.29, 0.717) is 30.5 Å². The van der Waals surface area contributed by atoms with Crippen molar-refractivity contribution >= 4 is 15.9 Å². The van der Waals surface area contributed by atoms with Crippen molar-refractivity contribution in [2.24, 2.45) is 0 Å². The van der Waals surface area contributed by atoms with Crippen molar-refractivity contribution in [1.29, 1.82) is 0 Å². The minimum Gasteiger partial charge on any atom is -0.493 e. The Balaban J connectivity index is 1.67. The van der Waals surface area contributed by atoms with E-state index in [1.54, 1.807) is 7.11 Å². The van der Waals surface area contributed by atoms with Crippen molar-refractivity contribution < 1.29 is 19.3 Å². The summed E-state index contributed by atoms with van der Waals surface area (Å²) in [6, 6.07) is 21.3. The van der Waals surface area contributed by atoms with Crippen LogP contribution in [0.3, 0.4) is 0 Å². The van der Waals surface area contributed by atoms with Crippen molar-refractivity contribution in [1.82, 2.24) is 0 Å². The summed E-state index contributed by atoms with van der Waals surface area (Å²) in [6.07, 6.45) is 0. The molecular weight excluding hydrogens is 408 g/mol. The summed E-state index contributed by atoms with van der Waals surface area (Å²) in [4.78, 5) is 0. The maximum Gasteiger partial charge on any atom is 0.161 e. The summed E-state index contributed by atoms with van der Waals surface area (Å²) < 4.78 is 18.1. The van der Waals surface area contributed by atoms with Crippen LogP contribution in [0.1, 0.15) is 16.7 Å². The molecule has 0 heterocycles. The molecule has 140 valence electrons. The molecule has 0 fully saturated rings. The molecule has 0 aliphatic heterocycles. The minimum atomic E-state index is -0.0790. The molecule has 3 aromatic carbocycles. The van der Waals surface area contributed by atoms with Gasteiger partial charge in [0.25, 0.3) is 0 Å². The smallest absolute Gasteiger partial charge is 0.161 e. The van der Waals surface area contributed by atoms with Gasteiger partial charge in [0, 0.05) is 10.0 Å². The molecule has 0 amide bonds. The van der Waals surface area contributed by atoms with Crippen LogP contribution in [0.4, 0.5) is 0 Å². The summed E-state index contributed by atoms with van der Waals surface area (Å²) in [7, 11) is 1.62. The van der Waals surface area contributed by atoms with Gasteiger partial charge in [0.2, 0.25) is 0 Å². The van der Waals surface area contributed by atoms with Gasteiger partial charge in [-0.3, -0.25) is 0 Å². The molecule has 5 heteroatoms. The highest BCUT2D eigenvalue weighted by Crippen LogP contribution is 2.30. The summed E-state index contributed by atoms with van der Waals surface area (Å²) in [5.74, 6) is 2.00. The van der Waals surface area contributed by atoms with E-state index < -0.39 is 0 Å². The van der Waals surface area contributed by atoms with Crippen molar-refractivity contribution in [3.05, 3.63) is 87.9 Å². The predicted molar refractivity (Wildman–Crippen MR) is 108 cm³/mol. The molecule has 0 spiro atoms. The van der Waals surface area contributed by atoms with Crippen molar-refractivity contribution in [2.45, 2.75) is 19.8 Å². The molecule has 1 N–H and O–H groups in total. The van der Waals surface area contributed by atoms with Gasteiger partial charge in [-0.15, -0.1) is 0 Å². The van der Waals surface area contributed by atoms with E-state index >= 15 is 0 Å². The highest BCUT2D eigenvalue weighted by molar-refractivity contribution is 9.10. The molecule has 27 heavy (non-hydrogen) atoms. The largest absolute Gasteiger partial charge is 0.493 e. The van der Waals surface area contributed by atoms with Gasteiger partial charge in [-0.2, -0.15) is 0 Å². The molecule has 0 aromatic heterocycles. The first-order chi connectivity index (χ1) is 13.2. The number of hydrogen-bond donors (Lipinski definition) is 1. The molecule has 0 aliphatic rings. The zero-order valence-corrected chi connectivity index (χ0v) is 16.6. The lowest BCUT2D eigenvalue weighted by molar-refractivity contribution is 0.258. The number of halogens is 1. The first-order valence-corrected chi connectivity index (χ1v) is 9.34. The van der Waals surface area contributed by atoms with Crippen molar-refractivity contribution in [3.63, 3.8) is 0 Å². The Kier molecular flexibility index (Phi) is 6.74. The van der Waals surface area contributed by atoms with Gasteiger partial charge in [-0.05, 0) is 41.5 Å². The Morgan fingerprint density at radius 1 is 0.778 bits per heavy atom. The number of methoxy groups -OCH3 is 1. The third-order valence-electron chi connectivity index (χ3n) is 4.05. The molecule has 0 atom stereocenters. The first-order valence-electron chi connectivity index (χ1n) is 8.55. The standard InChI is InChI=1S/C22H21BrO4/c1-25-22-11-17(15-26-20-10-8-19(23)12-18(20)13-24)7-9-21(22)27-14-16-5-3-2-4-6-16/h2-12,24H,13-15H2,1H3. The minimum absolute atomic E-state index is 0.0790. The van der Waals surface area contributed by atoms with Gasteiger partial charge in [-0.1, -0.05) is 52.3 Å². The number of rotatable bonds is 8. The highest BCUT2D eigenvalue weighted by atomic mass is 79.9. The Morgan fingerprint density at radius 2 is 1.48 bits per heavy atom. The van der Waals surface area contributed by atoms with E-state index in [4.69, 9.17) is 14.2 Å². The third kappa shape index (κ3) is 5.25. The zero-order valence-electron chi connectivity index (χ0n) is 15.0. The Hall–Kier alpha value is -2.50. The molecule has 3 rings (SSSR count). The van der Waals surface area contributed by atoms with Gasteiger partial charge >= 0.3 is 0 Å². The second-order valence-electron chi connectivity index (χ2n) is 5.96. The Bertz CT molecular complexity index is 881. The number of hydrogen-bond acceptors (Lipinski definition) is 4. The third-order valence-corrected chi connectivity index (χ3v) is 4.55. The molecular formula is C22H21BrO4. The van der Waals surface area contributed by atoms with E-state index in [1.807, 2.05) is 66.7 Å². The van der Waals surface area contributed by atoms with E-state index in [2.05, 4.69) is 15.9 Å². The molecule has 4 nitrogen and oxygen atoms in total. The van der Waals surface area contributed by atoms with Gasteiger partial charge in [-0.25, -0.2) is 0 Å². The molecule has 0 bridgehead atoms. The quantitative estimate of drug-likeness (QED) is 0.541. The summed E-state index contributed by atoms with van der Waals surface area (Å²) in [6.45, 7) is 0.764. The second kappa shape index (κ2) is 9.44. The predicted octanol–water partition coefficient (Wildman–Crippen LogP) is 5.11. The highest BCUT2D eigenvalue weighted by Gasteiger charge is 2.09. The fourth-order valence-electron chi connectivity index (χ4n) is 2.63. The van der Waals surface area contributed by atoms with E-state index in [0.717, 1.165) is 21.2 Å². The average Bonchev–Trinajstić information content (AvgIpc) is 2.72. The van der Waals surface area contributed by atoms with Crippen molar-refractivity contribution in [3.8, 4) is 17.2 Å². The number of ether oxygens (including phenoxy) is 3. The molecule has 0 radical (unpaired) electrons. The SMILES string of the molecule is COc1cc(COc2ccc(Br)cc2CO)ccc1OCc1ccccc1. The van der Waals surface area contributed by atoms with E-state index in [1.165, 1.54) is 0 Å². The number of aliphatic hydroxyl groups excluding tert-OH is 1. The monoisotopic (exact) mass is 428 g/mol. The lowest BCUT2D eigenvalue weighted by Crippen LogP contribution is -2.01. The van der Waals surface area contributed by atoms with Gasteiger partial charge < -0.3 is 19.3 Å². The van der Waals surface area contributed by atoms with Crippen LogP contribution in [-0.2, 0) is 19.8 Å². The van der Waals surface area contributed by atoms with Crippen LogP contribution < -0.4 is 14.2 Å². The van der Waals surface area contributed by atoms with Gasteiger partial charge in [0.15, 0.2) is 11.5 Å². The molecule has 0 aliphatic carbocycles. The fourth-order valence-corrected chi connectivity index (χ4v) is 3.04. The van der Waals surface area contributed by atoms with Gasteiger partial charge in [0.1, 0.15) is 19.0 Å². The number of aliphatic hydroxyl groups is 1. The lowest BCUT2D eigenvalue weighted by atomic mass is 10.2. The van der Waals surface area contributed by atoms with Crippen molar-refractivity contribution in [2.75, 3.05) is 7.11 Å². The Morgan fingerprint density at radius 3 is 2.22 bits per heavy atom. The lowest BCUT2D eigenvalue weighted by Gasteiger charge is -2.14. The topological polar surface area (TPSA) is 47.9 Å². The van der Waals surface area contributed by atoms with Crippen LogP contribution in [0.15, 0.2) is 71.2 Å². The first kappa shape index (κ1) is 19.3. The van der Waals surface area contributed by atoms with Crippen LogP contribution in [-0.4, -0.2) is 12.2 Å². The van der Waals surface area contributed by atoms with Crippen LogP contribution >= 0.6 is 15.9 Å². The van der Waals surface area contributed by atoms with E-state index in [-0.39, 0.29) is 6.61 Å². The number of benzene rings is 3. The summed E-state index contributed by atoms with van der Waals surface area (Å²) in [5, 5.41) is 9.47. The average molecular weight is 429 g/mol. The zero-order chi connectivity index (χ0) is 19.1. The molecule has 0 saturated heterocycles. The van der Waals surface area contributed by atoms with Crippen LogP contribution in [0.2, 0.25) is 0 Å². The summed E-state index contributed by atoms with van der Waals surface area (Å²) in [5.41, 5.74) is 2.78. The fraction of sp³-hybridized carbons (Fsp3) is 0.182. The Labute approximate surface area is 167 Å². The van der Waals surface area contributed by atoms with Crippen LogP contribution in [0, 0.1) is 0 Å². The van der Waals surface area contributed by atoms with Gasteiger partial charge in [0.05, 0.1) is 13.7 Å². The normalized spacial score (nSPS) is 10.5. The van der Waals surface area contributed by atoms with Crippen LogP contribution in [0.5, 0.6) is 17.2 Å².